The number of benzene rings is 1. The Bertz CT molecular complexity index is 631. The molecule has 0 saturated heterocycles. The van der Waals surface area contributed by atoms with Gasteiger partial charge in [-0.05, 0) is 49.2 Å². The molecule has 2 rings (SSSR count). The van der Waals surface area contributed by atoms with Crippen molar-refractivity contribution >= 4 is 33.3 Å². The monoisotopic (exact) mass is 367 g/mol. The van der Waals surface area contributed by atoms with Crippen molar-refractivity contribution in [3.63, 3.8) is 0 Å². The first-order chi connectivity index (χ1) is 10.0. The van der Waals surface area contributed by atoms with Crippen LogP contribution in [0.3, 0.4) is 0 Å². The average Bonchev–Trinajstić information content (AvgIpc) is 2.44. The largest absolute Gasteiger partial charge is 0.383 e. The van der Waals surface area contributed by atoms with Crippen LogP contribution in [0.25, 0.3) is 0 Å². The molecule has 0 amide bonds. The van der Waals surface area contributed by atoms with Gasteiger partial charge in [0, 0.05) is 16.2 Å². The van der Waals surface area contributed by atoms with E-state index in [2.05, 4.69) is 52.2 Å². The van der Waals surface area contributed by atoms with E-state index in [1.165, 1.54) is 11.1 Å². The topological polar surface area (TPSA) is 50.9 Å². The minimum Gasteiger partial charge on any atom is -0.383 e. The van der Waals surface area contributed by atoms with Crippen LogP contribution >= 0.6 is 27.5 Å². The maximum absolute atomic E-state index is 6.09. The number of nitrogen functional groups attached to an aromatic ring is 1. The molecule has 1 heterocycles. The lowest BCUT2D eigenvalue weighted by molar-refractivity contribution is 0.596. The van der Waals surface area contributed by atoms with Gasteiger partial charge in [-0.2, -0.15) is 0 Å². The van der Waals surface area contributed by atoms with E-state index in [0.717, 1.165) is 23.0 Å². The summed E-state index contributed by atoms with van der Waals surface area (Å²) in [7, 11) is 0. The highest BCUT2D eigenvalue weighted by atomic mass is 79.9. The Labute approximate surface area is 139 Å². The summed E-state index contributed by atoms with van der Waals surface area (Å²) in [6.07, 6.45) is 2.62. The van der Waals surface area contributed by atoms with Crippen LogP contribution in [0.5, 0.6) is 0 Å². The Morgan fingerprint density at radius 1 is 1.33 bits per heavy atom. The maximum atomic E-state index is 6.09. The van der Waals surface area contributed by atoms with Crippen LogP contribution < -0.4 is 11.1 Å². The van der Waals surface area contributed by atoms with Crippen molar-refractivity contribution in [1.82, 2.24) is 10.3 Å². The first-order valence-electron chi connectivity index (χ1n) is 6.93. The number of anilines is 1. The third-order valence-electron chi connectivity index (χ3n) is 3.37. The molecular formula is C16H19BrClN3. The molecule has 21 heavy (non-hydrogen) atoms. The van der Waals surface area contributed by atoms with Gasteiger partial charge < -0.3 is 11.1 Å². The highest BCUT2D eigenvalue weighted by molar-refractivity contribution is 9.10. The molecule has 0 spiro atoms. The fraction of sp³-hybridized carbons (Fsp3) is 0.312. The van der Waals surface area contributed by atoms with Crippen LogP contribution in [-0.2, 0) is 0 Å². The second kappa shape index (κ2) is 7.25. The molecule has 1 aromatic carbocycles. The number of nitrogens with zero attached hydrogens (tertiary/aromatic N) is 1. The maximum Gasteiger partial charge on any atom is 0.128 e. The molecule has 1 unspecified atom stereocenters. The Morgan fingerprint density at radius 3 is 2.76 bits per heavy atom. The van der Waals surface area contributed by atoms with Gasteiger partial charge in [-0.3, -0.25) is 0 Å². The Morgan fingerprint density at radius 2 is 2.10 bits per heavy atom. The fourth-order valence-corrected chi connectivity index (χ4v) is 2.98. The molecule has 0 bridgehead atoms. The summed E-state index contributed by atoms with van der Waals surface area (Å²) < 4.78 is 1.06. The molecule has 5 heteroatoms. The van der Waals surface area contributed by atoms with Gasteiger partial charge in [-0.1, -0.05) is 40.5 Å². The third-order valence-corrected chi connectivity index (χ3v) is 4.07. The molecular weight excluding hydrogens is 350 g/mol. The fourth-order valence-electron chi connectivity index (χ4n) is 2.34. The van der Waals surface area contributed by atoms with E-state index in [0.29, 0.717) is 10.8 Å². The van der Waals surface area contributed by atoms with Crippen LogP contribution in [0.15, 0.2) is 34.9 Å². The molecule has 0 aliphatic carbocycles. The van der Waals surface area contributed by atoms with Gasteiger partial charge in [-0.15, -0.1) is 0 Å². The summed E-state index contributed by atoms with van der Waals surface area (Å²) in [6.45, 7) is 5.12. The van der Waals surface area contributed by atoms with Gasteiger partial charge in [0.25, 0.3) is 0 Å². The van der Waals surface area contributed by atoms with Gasteiger partial charge in [0.15, 0.2) is 0 Å². The molecule has 112 valence electrons. The Kier molecular flexibility index (Phi) is 5.62. The number of hydrogen-bond acceptors (Lipinski definition) is 3. The van der Waals surface area contributed by atoms with Gasteiger partial charge in [-0.25, -0.2) is 4.98 Å². The number of hydrogen-bond donors (Lipinski definition) is 2. The third kappa shape index (κ3) is 3.96. The normalized spacial score (nSPS) is 12.4. The van der Waals surface area contributed by atoms with Crippen LogP contribution in [-0.4, -0.2) is 11.5 Å². The lowest BCUT2D eigenvalue weighted by atomic mass is 9.95. The number of nitrogens with one attached hydrogen (secondary N) is 1. The van der Waals surface area contributed by atoms with Crippen LogP contribution in [0.1, 0.15) is 36.1 Å². The molecule has 1 atom stereocenters. The lowest BCUT2D eigenvalue weighted by Crippen LogP contribution is -2.25. The van der Waals surface area contributed by atoms with E-state index in [9.17, 15) is 0 Å². The molecule has 0 saturated carbocycles. The van der Waals surface area contributed by atoms with E-state index < -0.39 is 0 Å². The highest BCUT2D eigenvalue weighted by Gasteiger charge is 2.19. The van der Waals surface area contributed by atoms with E-state index in [1.807, 2.05) is 12.1 Å². The summed E-state index contributed by atoms with van der Waals surface area (Å²) in [5.74, 6) is 0.510. The molecule has 3 nitrogen and oxygen atoms in total. The molecule has 0 fully saturated rings. The molecule has 3 N–H and O–H groups in total. The number of nitrogens with two attached hydrogens (primary N) is 1. The number of rotatable bonds is 5. The van der Waals surface area contributed by atoms with Gasteiger partial charge in [0.1, 0.15) is 5.82 Å². The number of pyridine rings is 1. The Balaban J connectivity index is 2.49. The lowest BCUT2D eigenvalue weighted by Gasteiger charge is -2.22. The predicted octanol–water partition coefficient (Wildman–Crippen LogP) is 4.48. The van der Waals surface area contributed by atoms with Crippen molar-refractivity contribution in [3.8, 4) is 0 Å². The van der Waals surface area contributed by atoms with Crippen molar-refractivity contribution in [2.24, 2.45) is 0 Å². The van der Waals surface area contributed by atoms with Gasteiger partial charge in [0.05, 0.1) is 11.1 Å². The minimum atomic E-state index is -0.00995. The van der Waals surface area contributed by atoms with Crippen LogP contribution in [0.2, 0.25) is 5.02 Å². The SMILES string of the molecule is CCCNC(c1ccc(Br)cc1C)c1cc(Cl)cnc1N. The summed E-state index contributed by atoms with van der Waals surface area (Å²) in [4.78, 5) is 4.18. The van der Waals surface area contributed by atoms with Crippen molar-refractivity contribution in [2.45, 2.75) is 26.3 Å². The minimum absolute atomic E-state index is 0.00995. The zero-order valence-electron chi connectivity index (χ0n) is 12.2. The quantitative estimate of drug-likeness (QED) is 0.818. The summed E-state index contributed by atoms with van der Waals surface area (Å²) >= 11 is 9.60. The van der Waals surface area contributed by atoms with E-state index >= 15 is 0 Å². The molecule has 0 aliphatic heterocycles. The summed E-state index contributed by atoms with van der Waals surface area (Å²) in [5, 5.41) is 4.13. The van der Waals surface area contributed by atoms with Crippen LogP contribution in [0, 0.1) is 6.92 Å². The second-order valence-electron chi connectivity index (χ2n) is 5.02. The van der Waals surface area contributed by atoms with E-state index in [4.69, 9.17) is 17.3 Å². The van der Waals surface area contributed by atoms with Crippen LogP contribution in [0.4, 0.5) is 5.82 Å². The summed E-state index contributed by atoms with van der Waals surface area (Å²) in [5.41, 5.74) is 9.35. The molecule has 0 aliphatic rings. The zero-order chi connectivity index (χ0) is 15.4. The standard InChI is InChI=1S/C16H19BrClN3/c1-3-6-20-15(13-5-4-11(17)7-10(13)2)14-8-12(18)9-21-16(14)19/h4-5,7-9,15,20H,3,6H2,1-2H3,(H2,19,21). The number of aryl methyl sites for hydroxylation is 1. The second-order valence-corrected chi connectivity index (χ2v) is 6.37. The molecule has 0 radical (unpaired) electrons. The smallest absolute Gasteiger partial charge is 0.128 e. The number of halogens is 2. The Hall–Kier alpha value is -1.10. The molecule has 2 aromatic rings. The van der Waals surface area contributed by atoms with Gasteiger partial charge >= 0.3 is 0 Å². The van der Waals surface area contributed by atoms with E-state index in [1.54, 1.807) is 6.20 Å². The van der Waals surface area contributed by atoms with Crippen molar-refractivity contribution in [3.05, 3.63) is 56.6 Å². The predicted molar refractivity (Wildman–Crippen MR) is 92.7 cm³/mol. The first-order valence-corrected chi connectivity index (χ1v) is 8.10. The average molecular weight is 369 g/mol. The van der Waals surface area contributed by atoms with Crippen molar-refractivity contribution in [1.29, 1.82) is 0 Å². The zero-order valence-corrected chi connectivity index (χ0v) is 14.5. The first kappa shape index (κ1) is 16.3. The highest BCUT2D eigenvalue weighted by Crippen LogP contribution is 2.31. The van der Waals surface area contributed by atoms with Crippen molar-refractivity contribution < 1.29 is 0 Å². The molecule has 1 aromatic heterocycles. The number of aromatic nitrogens is 1. The van der Waals surface area contributed by atoms with Gasteiger partial charge in [0.2, 0.25) is 0 Å². The van der Waals surface area contributed by atoms with E-state index in [-0.39, 0.29) is 6.04 Å². The summed E-state index contributed by atoms with van der Waals surface area (Å²) in [6, 6.07) is 8.12. The van der Waals surface area contributed by atoms with Crippen molar-refractivity contribution in [2.75, 3.05) is 12.3 Å².